The van der Waals surface area contributed by atoms with E-state index in [4.69, 9.17) is 9.47 Å². The Bertz CT molecular complexity index is 386. The lowest BCUT2D eigenvalue weighted by Crippen LogP contribution is -2.66. The largest absolute Gasteiger partial charge is 0.350 e. The first-order valence-corrected chi connectivity index (χ1v) is 8.15. The predicted octanol–water partition coefficient (Wildman–Crippen LogP) is 1.20. The van der Waals surface area contributed by atoms with Crippen LogP contribution < -0.4 is 0 Å². The zero-order valence-electron chi connectivity index (χ0n) is 11.4. The van der Waals surface area contributed by atoms with E-state index in [0.29, 0.717) is 26.3 Å². The van der Waals surface area contributed by atoms with Crippen molar-refractivity contribution < 1.29 is 17.9 Å². The topological polar surface area (TPSA) is 55.8 Å². The Morgan fingerprint density at radius 1 is 1.17 bits per heavy atom. The van der Waals surface area contributed by atoms with Gasteiger partial charge in [-0.05, 0) is 20.3 Å². The van der Waals surface area contributed by atoms with Crippen LogP contribution in [-0.4, -0.2) is 50.6 Å². The maximum atomic E-state index is 12.0. The van der Waals surface area contributed by atoms with E-state index >= 15 is 0 Å². The Hall–Kier alpha value is -0.170. The van der Waals surface area contributed by atoms with Crippen molar-refractivity contribution in [3.63, 3.8) is 0 Å². The minimum absolute atomic E-state index is 0.116. The molecule has 0 bridgehead atoms. The summed E-state index contributed by atoms with van der Waals surface area (Å²) < 4.78 is 36.7. The SMILES string of the molecule is CCCCS(=O)(=O)N1CC2(COC(C)(C)OC2)C1. The molecule has 2 fully saturated rings. The van der Waals surface area contributed by atoms with Gasteiger partial charge in [0.05, 0.1) is 19.0 Å². The molecule has 0 aliphatic carbocycles. The highest BCUT2D eigenvalue weighted by molar-refractivity contribution is 7.89. The second kappa shape index (κ2) is 4.74. The van der Waals surface area contributed by atoms with E-state index in [1.807, 2.05) is 20.8 Å². The molecule has 2 saturated heterocycles. The fraction of sp³-hybridized carbons (Fsp3) is 1.00. The number of nitrogens with zero attached hydrogens (tertiary/aromatic N) is 1. The van der Waals surface area contributed by atoms with Gasteiger partial charge < -0.3 is 9.47 Å². The molecule has 0 unspecified atom stereocenters. The minimum atomic E-state index is -3.07. The Labute approximate surface area is 109 Å². The van der Waals surface area contributed by atoms with Crippen molar-refractivity contribution in [1.82, 2.24) is 4.31 Å². The summed E-state index contributed by atoms with van der Waals surface area (Å²) in [6.45, 7) is 8.00. The molecule has 2 heterocycles. The maximum absolute atomic E-state index is 12.0. The van der Waals surface area contributed by atoms with Gasteiger partial charge in [-0.3, -0.25) is 0 Å². The molecule has 0 aromatic rings. The van der Waals surface area contributed by atoms with Crippen LogP contribution in [0.5, 0.6) is 0 Å². The lowest BCUT2D eigenvalue weighted by molar-refractivity contribution is -0.299. The molecule has 0 aromatic carbocycles. The third-order valence-electron chi connectivity index (χ3n) is 3.62. The summed E-state index contributed by atoms with van der Waals surface area (Å²) in [5.74, 6) is -0.278. The van der Waals surface area contributed by atoms with E-state index in [9.17, 15) is 8.42 Å². The van der Waals surface area contributed by atoms with Gasteiger partial charge in [-0.15, -0.1) is 0 Å². The van der Waals surface area contributed by atoms with Crippen molar-refractivity contribution in [3.05, 3.63) is 0 Å². The third-order valence-corrected chi connectivity index (χ3v) is 5.47. The van der Waals surface area contributed by atoms with Crippen LogP contribution in [0.15, 0.2) is 0 Å². The molecule has 5 nitrogen and oxygen atoms in total. The fourth-order valence-corrected chi connectivity index (χ4v) is 4.13. The van der Waals surface area contributed by atoms with Crippen LogP contribution in [0.1, 0.15) is 33.6 Å². The van der Waals surface area contributed by atoms with Crippen LogP contribution in [0.2, 0.25) is 0 Å². The molecule has 106 valence electrons. The zero-order chi connectivity index (χ0) is 13.4. The van der Waals surface area contributed by atoms with Crippen LogP contribution in [0.4, 0.5) is 0 Å². The van der Waals surface area contributed by atoms with Gasteiger partial charge in [0.25, 0.3) is 0 Å². The minimum Gasteiger partial charge on any atom is -0.350 e. The van der Waals surface area contributed by atoms with Crippen LogP contribution in [0.3, 0.4) is 0 Å². The van der Waals surface area contributed by atoms with Gasteiger partial charge in [0.1, 0.15) is 0 Å². The van der Waals surface area contributed by atoms with Crippen LogP contribution in [0, 0.1) is 5.41 Å². The normalized spacial score (nSPS) is 27.1. The van der Waals surface area contributed by atoms with Gasteiger partial charge in [-0.1, -0.05) is 13.3 Å². The molecule has 2 rings (SSSR count). The number of hydrogen-bond donors (Lipinski definition) is 0. The van der Waals surface area contributed by atoms with Crippen LogP contribution in [0.25, 0.3) is 0 Å². The van der Waals surface area contributed by atoms with E-state index in [2.05, 4.69) is 0 Å². The number of sulfonamides is 1. The monoisotopic (exact) mass is 277 g/mol. The Morgan fingerprint density at radius 3 is 2.22 bits per heavy atom. The van der Waals surface area contributed by atoms with Crippen molar-refractivity contribution in [2.24, 2.45) is 5.41 Å². The number of rotatable bonds is 4. The Morgan fingerprint density at radius 2 is 1.72 bits per heavy atom. The average Bonchev–Trinajstić information content (AvgIpc) is 2.24. The van der Waals surface area contributed by atoms with E-state index in [0.717, 1.165) is 12.8 Å². The highest BCUT2D eigenvalue weighted by atomic mass is 32.2. The zero-order valence-corrected chi connectivity index (χ0v) is 12.3. The molecule has 0 radical (unpaired) electrons. The Kier molecular flexibility index (Phi) is 3.75. The number of ether oxygens (including phenoxy) is 2. The smallest absolute Gasteiger partial charge is 0.214 e. The van der Waals surface area contributed by atoms with Crippen LogP contribution in [-0.2, 0) is 19.5 Å². The van der Waals surface area contributed by atoms with Gasteiger partial charge in [-0.2, -0.15) is 0 Å². The standard InChI is InChI=1S/C12H23NO4S/c1-4-5-6-18(14,15)13-7-12(8-13)9-16-11(2,3)17-10-12/h4-10H2,1-3H3. The van der Waals surface area contributed by atoms with Crippen molar-refractivity contribution in [2.75, 3.05) is 32.1 Å². The van der Waals surface area contributed by atoms with Crippen molar-refractivity contribution in [2.45, 2.75) is 39.4 Å². The van der Waals surface area contributed by atoms with Crippen LogP contribution >= 0.6 is 0 Å². The molecular formula is C12H23NO4S. The first-order valence-electron chi connectivity index (χ1n) is 6.54. The maximum Gasteiger partial charge on any atom is 0.214 e. The molecular weight excluding hydrogens is 254 g/mol. The summed E-state index contributed by atoms with van der Waals surface area (Å²) >= 11 is 0. The number of hydrogen-bond acceptors (Lipinski definition) is 4. The molecule has 0 atom stereocenters. The molecule has 0 saturated carbocycles. The van der Waals surface area contributed by atoms with E-state index in [1.165, 1.54) is 0 Å². The summed E-state index contributed by atoms with van der Waals surface area (Å²) in [4.78, 5) is 0. The second-order valence-electron chi connectivity index (χ2n) is 5.91. The number of unbranched alkanes of at least 4 members (excludes halogenated alkanes) is 1. The third kappa shape index (κ3) is 2.87. The second-order valence-corrected chi connectivity index (χ2v) is 8.00. The molecule has 6 heteroatoms. The van der Waals surface area contributed by atoms with Gasteiger partial charge >= 0.3 is 0 Å². The Balaban J connectivity index is 1.87. The summed E-state index contributed by atoms with van der Waals surface area (Å²) in [6.07, 6.45) is 1.63. The first-order chi connectivity index (χ1) is 8.29. The molecule has 18 heavy (non-hydrogen) atoms. The van der Waals surface area contributed by atoms with Gasteiger partial charge in [0.2, 0.25) is 10.0 Å². The summed E-state index contributed by atoms with van der Waals surface area (Å²) in [7, 11) is -3.07. The van der Waals surface area contributed by atoms with E-state index in [-0.39, 0.29) is 11.2 Å². The molecule has 2 aliphatic rings. The van der Waals surface area contributed by atoms with Gasteiger partial charge in [0.15, 0.2) is 5.79 Å². The quantitative estimate of drug-likeness (QED) is 0.775. The van der Waals surface area contributed by atoms with Crippen molar-refractivity contribution >= 4 is 10.0 Å². The lowest BCUT2D eigenvalue weighted by atomic mass is 9.82. The summed E-state index contributed by atoms with van der Waals surface area (Å²) in [5, 5.41) is 0. The molecule has 2 aliphatic heterocycles. The summed E-state index contributed by atoms with van der Waals surface area (Å²) in [5.41, 5.74) is -0.116. The predicted molar refractivity (Wildman–Crippen MR) is 68.7 cm³/mol. The molecule has 0 aromatic heterocycles. The van der Waals surface area contributed by atoms with Gasteiger partial charge in [-0.25, -0.2) is 12.7 Å². The summed E-state index contributed by atoms with van der Waals surface area (Å²) in [6, 6.07) is 0. The highest BCUT2D eigenvalue weighted by Crippen LogP contribution is 2.38. The lowest BCUT2D eigenvalue weighted by Gasteiger charge is -2.53. The highest BCUT2D eigenvalue weighted by Gasteiger charge is 2.51. The van der Waals surface area contributed by atoms with E-state index < -0.39 is 15.8 Å². The molecule has 0 amide bonds. The fourth-order valence-electron chi connectivity index (χ4n) is 2.27. The molecule has 1 spiro atoms. The van der Waals surface area contributed by atoms with E-state index in [1.54, 1.807) is 4.31 Å². The average molecular weight is 277 g/mol. The van der Waals surface area contributed by atoms with Gasteiger partial charge in [0, 0.05) is 18.5 Å². The van der Waals surface area contributed by atoms with Crippen molar-refractivity contribution in [1.29, 1.82) is 0 Å². The molecule has 0 N–H and O–H groups in total. The first kappa shape index (κ1) is 14.2. The van der Waals surface area contributed by atoms with Crippen molar-refractivity contribution in [3.8, 4) is 0 Å².